The summed E-state index contributed by atoms with van der Waals surface area (Å²) in [5.41, 5.74) is -0.0733. The van der Waals surface area contributed by atoms with Crippen molar-refractivity contribution in [3.63, 3.8) is 0 Å². The zero-order valence-corrected chi connectivity index (χ0v) is 11.3. The summed E-state index contributed by atoms with van der Waals surface area (Å²) in [6.07, 6.45) is -1.65. The van der Waals surface area contributed by atoms with Gasteiger partial charge in [0.05, 0.1) is 0 Å². The second kappa shape index (κ2) is 6.54. The van der Waals surface area contributed by atoms with E-state index >= 15 is 0 Å². The van der Waals surface area contributed by atoms with Gasteiger partial charge in [-0.25, -0.2) is 22.8 Å². The molecule has 1 unspecified atom stereocenters. The summed E-state index contributed by atoms with van der Waals surface area (Å²) in [5, 5.41) is 0. The number of hydrogen-bond acceptors (Lipinski definition) is 4. The molecular formula is C13H9F5O4. The van der Waals surface area contributed by atoms with Gasteiger partial charge in [-0.15, -0.1) is 0 Å². The molecule has 120 valence electrons. The van der Waals surface area contributed by atoms with Crippen LogP contribution in [-0.4, -0.2) is 18.0 Å². The van der Waals surface area contributed by atoms with Crippen molar-refractivity contribution in [2.75, 3.05) is 0 Å². The lowest BCUT2D eigenvalue weighted by Crippen LogP contribution is -2.29. The third-order valence-electron chi connectivity index (χ3n) is 2.34. The van der Waals surface area contributed by atoms with Crippen molar-refractivity contribution in [3.05, 3.63) is 41.2 Å². The van der Waals surface area contributed by atoms with E-state index in [1.165, 1.54) is 6.92 Å². The maximum atomic E-state index is 13.3. The number of carbonyl (C=O) groups is 2. The van der Waals surface area contributed by atoms with Crippen molar-refractivity contribution in [1.82, 2.24) is 0 Å². The third-order valence-corrected chi connectivity index (χ3v) is 2.34. The SMILES string of the molecule is C=C(C)C(=O)OC(C)C(=O)Oc1c(F)c(F)c(F)c(F)c1F. The second-order valence-electron chi connectivity index (χ2n) is 4.15. The molecule has 0 radical (unpaired) electrons. The molecule has 0 aliphatic rings. The van der Waals surface area contributed by atoms with E-state index in [0.29, 0.717) is 0 Å². The van der Waals surface area contributed by atoms with E-state index in [0.717, 1.165) is 6.92 Å². The molecule has 0 saturated heterocycles. The average molecular weight is 324 g/mol. The minimum absolute atomic E-state index is 0.0733. The first-order chi connectivity index (χ1) is 10.1. The Morgan fingerprint density at radius 2 is 1.36 bits per heavy atom. The highest BCUT2D eigenvalue weighted by Gasteiger charge is 2.30. The second-order valence-corrected chi connectivity index (χ2v) is 4.15. The van der Waals surface area contributed by atoms with E-state index in [4.69, 9.17) is 0 Å². The Hall–Kier alpha value is -2.45. The molecule has 0 aliphatic heterocycles. The van der Waals surface area contributed by atoms with E-state index in [2.05, 4.69) is 16.1 Å². The van der Waals surface area contributed by atoms with Crippen molar-refractivity contribution in [3.8, 4) is 5.75 Å². The molecule has 0 spiro atoms. The molecule has 1 aromatic rings. The van der Waals surface area contributed by atoms with Crippen molar-refractivity contribution >= 4 is 11.9 Å². The summed E-state index contributed by atoms with van der Waals surface area (Å²) >= 11 is 0. The van der Waals surface area contributed by atoms with E-state index in [9.17, 15) is 31.5 Å². The van der Waals surface area contributed by atoms with Gasteiger partial charge in [0.25, 0.3) is 0 Å². The van der Waals surface area contributed by atoms with E-state index in [1.807, 2.05) is 0 Å². The number of carbonyl (C=O) groups excluding carboxylic acids is 2. The normalized spacial score (nSPS) is 11.8. The van der Waals surface area contributed by atoms with Crippen LogP contribution in [0.5, 0.6) is 5.75 Å². The summed E-state index contributed by atoms with van der Waals surface area (Å²) in [6, 6.07) is 0. The van der Waals surface area contributed by atoms with Crippen LogP contribution in [0.3, 0.4) is 0 Å². The predicted molar refractivity (Wildman–Crippen MR) is 62.2 cm³/mol. The summed E-state index contributed by atoms with van der Waals surface area (Å²) in [5.74, 6) is -15.9. The Bertz CT molecular complexity index is 627. The number of esters is 2. The lowest BCUT2D eigenvalue weighted by molar-refractivity contribution is -0.158. The van der Waals surface area contributed by atoms with Gasteiger partial charge in [0.15, 0.2) is 6.10 Å². The Morgan fingerprint density at radius 1 is 0.955 bits per heavy atom. The fraction of sp³-hybridized carbons (Fsp3) is 0.231. The van der Waals surface area contributed by atoms with Crippen LogP contribution in [0.4, 0.5) is 22.0 Å². The van der Waals surface area contributed by atoms with Crippen LogP contribution in [0.2, 0.25) is 0 Å². The molecule has 1 atom stereocenters. The smallest absolute Gasteiger partial charge is 0.352 e. The average Bonchev–Trinajstić information content (AvgIpc) is 2.46. The molecule has 1 aromatic carbocycles. The van der Waals surface area contributed by atoms with Gasteiger partial charge in [0.1, 0.15) is 0 Å². The molecule has 1 rings (SSSR count). The molecule has 0 aromatic heterocycles. The first-order valence-electron chi connectivity index (χ1n) is 5.67. The molecule has 22 heavy (non-hydrogen) atoms. The molecule has 0 fully saturated rings. The van der Waals surface area contributed by atoms with Crippen LogP contribution in [0.15, 0.2) is 12.2 Å². The Balaban J connectivity index is 3.03. The standard InChI is InChI=1S/C13H9F5O4/c1-4(2)12(19)21-5(3)13(20)22-11-9(17)7(15)6(14)8(16)10(11)18/h5H,1H2,2-3H3. The number of benzene rings is 1. The van der Waals surface area contributed by atoms with Crippen LogP contribution in [0.1, 0.15) is 13.8 Å². The summed E-state index contributed by atoms with van der Waals surface area (Å²) in [7, 11) is 0. The lowest BCUT2D eigenvalue weighted by atomic mass is 10.2. The molecule has 0 aliphatic carbocycles. The highest BCUT2D eigenvalue weighted by molar-refractivity contribution is 5.89. The van der Waals surface area contributed by atoms with Gasteiger partial charge < -0.3 is 9.47 Å². The number of hydrogen-bond donors (Lipinski definition) is 0. The van der Waals surface area contributed by atoms with Crippen molar-refractivity contribution in [2.45, 2.75) is 20.0 Å². The van der Waals surface area contributed by atoms with Crippen molar-refractivity contribution in [1.29, 1.82) is 0 Å². The van der Waals surface area contributed by atoms with Gasteiger partial charge in [-0.05, 0) is 13.8 Å². The van der Waals surface area contributed by atoms with Crippen LogP contribution in [0, 0.1) is 29.1 Å². The monoisotopic (exact) mass is 324 g/mol. The largest absolute Gasteiger partial charge is 0.447 e. The quantitative estimate of drug-likeness (QED) is 0.213. The maximum Gasteiger partial charge on any atom is 0.352 e. The number of halogens is 5. The highest BCUT2D eigenvalue weighted by Crippen LogP contribution is 2.29. The Labute approximate surface area is 121 Å². The number of ether oxygens (including phenoxy) is 2. The molecular weight excluding hydrogens is 315 g/mol. The molecule has 9 heteroatoms. The summed E-state index contributed by atoms with van der Waals surface area (Å²) < 4.78 is 73.8. The first kappa shape index (κ1) is 17.6. The fourth-order valence-electron chi connectivity index (χ4n) is 1.17. The zero-order chi connectivity index (χ0) is 17.2. The molecule has 0 bridgehead atoms. The molecule has 0 saturated carbocycles. The van der Waals surface area contributed by atoms with E-state index < -0.39 is 52.9 Å². The first-order valence-corrected chi connectivity index (χ1v) is 5.67. The third kappa shape index (κ3) is 3.41. The van der Waals surface area contributed by atoms with Crippen molar-refractivity contribution < 1.29 is 41.0 Å². The zero-order valence-electron chi connectivity index (χ0n) is 11.3. The summed E-state index contributed by atoms with van der Waals surface area (Å²) in [6.45, 7) is 5.47. The minimum Gasteiger partial charge on any atom is -0.447 e. The molecule has 4 nitrogen and oxygen atoms in total. The summed E-state index contributed by atoms with van der Waals surface area (Å²) in [4.78, 5) is 22.6. The van der Waals surface area contributed by atoms with Gasteiger partial charge in [0, 0.05) is 5.57 Å². The Kier molecular flexibility index (Phi) is 5.23. The van der Waals surface area contributed by atoms with Crippen molar-refractivity contribution in [2.24, 2.45) is 0 Å². The van der Waals surface area contributed by atoms with E-state index in [1.54, 1.807) is 0 Å². The topological polar surface area (TPSA) is 52.6 Å². The fourth-order valence-corrected chi connectivity index (χ4v) is 1.17. The van der Waals surface area contributed by atoms with Crippen LogP contribution in [-0.2, 0) is 14.3 Å². The van der Waals surface area contributed by atoms with Crippen LogP contribution >= 0.6 is 0 Å². The van der Waals surface area contributed by atoms with Gasteiger partial charge >= 0.3 is 11.9 Å². The van der Waals surface area contributed by atoms with Gasteiger partial charge in [-0.3, -0.25) is 0 Å². The van der Waals surface area contributed by atoms with E-state index in [-0.39, 0.29) is 5.57 Å². The van der Waals surface area contributed by atoms with Gasteiger partial charge in [-0.2, -0.15) is 8.78 Å². The Morgan fingerprint density at radius 3 is 1.77 bits per heavy atom. The maximum absolute atomic E-state index is 13.3. The molecule has 0 N–H and O–H groups in total. The highest BCUT2D eigenvalue weighted by atomic mass is 19.2. The van der Waals surface area contributed by atoms with Gasteiger partial charge in [0.2, 0.25) is 34.8 Å². The van der Waals surface area contributed by atoms with Gasteiger partial charge in [-0.1, -0.05) is 6.58 Å². The molecule has 0 heterocycles. The van der Waals surface area contributed by atoms with Crippen LogP contribution in [0.25, 0.3) is 0 Å². The molecule has 0 amide bonds. The minimum atomic E-state index is -2.39. The lowest BCUT2D eigenvalue weighted by Gasteiger charge is -2.13. The van der Waals surface area contributed by atoms with Crippen LogP contribution < -0.4 is 4.74 Å². The number of rotatable bonds is 4. The predicted octanol–water partition coefficient (Wildman–Crippen LogP) is 2.80.